The van der Waals surface area contributed by atoms with Gasteiger partial charge in [0, 0.05) is 25.1 Å². The van der Waals surface area contributed by atoms with Crippen LogP contribution in [0, 0.1) is 0 Å². The number of nitrogens with one attached hydrogen (secondary N) is 1. The van der Waals surface area contributed by atoms with Crippen molar-refractivity contribution in [2.24, 2.45) is 0 Å². The number of aromatic nitrogens is 2. The lowest BCUT2D eigenvalue weighted by molar-refractivity contribution is -0.118. The van der Waals surface area contributed by atoms with Crippen molar-refractivity contribution in [3.63, 3.8) is 0 Å². The minimum atomic E-state index is -0.129. The van der Waals surface area contributed by atoms with Gasteiger partial charge < -0.3 is 9.88 Å². The van der Waals surface area contributed by atoms with E-state index < -0.39 is 0 Å². The molecule has 0 atom stereocenters. The smallest absolute Gasteiger partial charge is 0.258 e. The van der Waals surface area contributed by atoms with Crippen molar-refractivity contribution in [3.05, 3.63) is 70.8 Å². The number of aryl methyl sites for hydroxylation is 1. The lowest BCUT2D eigenvalue weighted by Gasteiger charge is -2.22. The molecule has 0 aliphatic heterocycles. The maximum absolute atomic E-state index is 12.8. The molecule has 0 bridgehead atoms. The average Bonchev–Trinajstić information content (AvgIpc) is 2.69. The van der Waals surface area contributed by atoms with Gasteiger partial charge in [-0.15, -0.1) is 0 Å². The number of fused-ring (bicyclic) bond motifs is 1. The summed E-state index contributed by atoms with van der Waals surface area (Å²) in [6.45, 7) is 2.85. The topological polar surface area (TPSA) is 66.1 Å². The Bertz CT molecular complexity index is 950. The summed E-state index contributed by atoms with van der Waals surface area (Å²) in [6, 6.07) is 17.1. The Hall–Kier alpha value is -2.95. The van der Waals surface area contributed by atoms with Gasteiger partial charge in [-0.3, -0.25) is 9.59 Å². The van der Waals surface area contributed by atoms with E-state index in [-0.39, 0.29) is 11.5 Å². The van der Waals surface area contributed by atoms with Gasteiger partial charge >= 0.3 is 0 Å². The zero-order valence-electron chi connectivity index (χ0n) is 15.6. The number of H-pyrrole nitrogens is 1. The summed E-state index contributed by atoms with van der Waals surface area (Å²) in [6.07, 6.45) is 3.66. The minimum absolute atomic E-state index is 0.109. The highest BCUT2D eigenvalue weighted by Crippen LogP contribution is 2.16. The van der Waals surface area contributed by atoms with Crippen LogP contribution in [0.4, 0.5) is 5.69 Å². The number of hydrogen-bond donors (Lipinski definition) is 1. The first-order valence-electron chi connectivity index (χ1n) is 9.52. The Morgan fingerprint density at radius 2 is 1.78 bits per heavy atom. The molecule has 0 saturated carbocycles. The second kappa shape index (κ2) is 9.12. The fourth-order valence-electron chi connectivity index (χ4n) is 3.12. The Balaban J connectivity index is 1.64. The maximum atomic E-state index is 12.8. The van der Waals surface area contributed by atoms with Crippen molar-refractivity contribution in [1.29, 1.82) is 0 Å². The Labute approximate surface area is 159 Å². The maximum Gasteiger partial charge on any atom is 0.258 e. The zero-order chi connectivity index (χ0) is 19.1. The summed E-state index contributed by atoms with van der Waals surface area (Å²) in [4.78, 5) is 34.1. The van der Waals surface area contributed by atoms with E-state index in [0.717, 1.165) is 25.1 Å². The van der Waals surface area contributed by atoms with Crippen molar-refractivity contribution in [2.45, 2.75) is 39.0 Å². The molecule has 1 aromatic heterocycles. The molecule has 3 aromatic rings. The Morgan fingerprint density at radius 3 is 2.56 bits per heavy atom. The minimum Gasteiger partial charge on any atom is -0.312 e. The molecule has 0 aliphatic rings. The number of carbonyl (C=O) groups is 1. The highest BCUT2D eigenvalue weighted by atomic mass is 16.2. The molecular weight excluding hydrogens is 338 g/mol. The standard InChI is InChI=1S/C22H25N3O2/c1-2-3-16-25(17-10-5-4-6-11-17)21(26)15-9-14-20-23-19-13-8-7-12-18(19)22(27)24-20/h4-8,10-13H,2-3,9,14-16H2,1H3,(H,23,24,27). The summed E-state index contributed by atoms with van der Waals surface area (Å²) in [5.41, 5.74) is 1.50. The van der Waals surface area contributed by atoms with E-state index in [1.165, 1.54) is 0 Å². The highest BCUT2D eigenvalue weighted by Gasteiger charge is 2.15. The van der Waals surface area contributed by atoms with E-state index >= 15 is 0 Å². The number of carbonyl (C=O) groups excluding carboxylic acids is 1. The molecule has 0 aliphatic carbocycles. The molecule has 0 spiro atoms. The summed E-state index contributed by atoms with van der Waals surface area (Å²) >= 11 is 0. The number of anilines is 1. The Kier molecular flexibility index (Phi) is 6.36. The van der Waals surface area contributed by atoms with Gasteiger partial charge in [0.25, 0.3) is 5.56 Å². The number of rotatable bonds is 8. The van der Waals surface area contributed by atoms with Gasteiger partial charge in [0.05, 0.1) is 10.9 Å². The van der Waals surface area contributed by atoms with E-state index in [9.17, 15) is 9.59 Å². The van der Waals surface area contributed by atoms with Gasteiger partial charge in [-0.25, -0.2) is 4.98 Å². The third kappa shape index (κ3) is 4.82. The first-order valence-corrected chi connectivity index (χ1v) is 9.52. The molecule has 1 amide bonds. The SMILES string of the molecule is CCCCN(C(=O)CCCc1nc2ccccc2c(=O)[nH]1)c1ccccc1. The van der Waals surface area contributed by atoms with Crippen molar-refractivity contribution in [2.75, 3.05) is 11.4 Å². The predicted molar refractivity (Wildman–Crippen MR) is 109 cm³/mol. The second-order valence-electron chi connectivity index (χ2n) is 6.62. The molecule has 1 heterocycles. The molecule has 27 heavy (non-hydrogen) atoms. The molecule has 1 N–H and O–H groups in total. The van der Waals surface area contributed by atoms with Crippen LogP contribution in [0.25, 0.3) is 10.9 Å². The fourth-order valence-corrected chi connectivity index (χ4v) is 3.12. The first-order chi connectivity index (χ1) is 13.2. The van der Waals surface area contributed by atoms with Gasteiger partial charge in [0.15, 0.2) is 0 Å². The zero-order valence-corrected chi connectivity index (χ0v) is 15.6. The van der Waals surface area contributed by atoms with Crippen LogP contribution < -0.4 is 10.5 Å². The summed E-state index contributed by atoms with van der Waals surface area (Å²) < 4.78 is 0. The quantitative estimate of drug-likeness (QED) is 0.656. The van der Waals surface area contributed by atoms with Gasteiger partial charge in [0.2, 0.25) is 5.91 Å². The van der Waals surface area contributed by atoms with Gasteiger partial charge in [0.1, 0.15) is 5.82 Å². The monoisotopic (exact) mass is 363 g/mol. The lowest BCUT2D eigenvalue weighted by atomic mass is 10.1. The van der Waals surface area contributed by atoms with Gasteiger partial charge in [-0.05, 0) is 37.1 Å². The molecule has 5 heteroatoms. The van der Waals surface area contributed by atoms with Crippen molar-refractivity contribution in [1.82, 2.24) is 9.97 Å². The third-order valence-corrected chi connectivity index (χ3v) is 4.57. The number of benzene rings is 2. The number of nitrogens with zero attached hydrogens (tertiary/aromatic N) is 2. The first kappa shape index (κ1) is 18.8. The second-order valence-corrected chi connectivity index (χ2v) is 6.62. The fraction of sp³-hybridized carbons (Fsp3) is 0.318. The van der Waals surface area contributed by atoms with Crippen LogP contribution in [-0.4, -0.2) is 22.4 Å². The van der Waals surface area contributed by atoms with Crippen LogP contribution >= 0.6 is 0 Å². The van der Waals surface area contributed by atoms with E-state index in [1.54, 1.807) is 6.07 Å². The summed E-state index contributed by atoms with van der Waals surface area (Å²) in [5.74, 6) is 0.740. The van der Waals surface area contributed by atoms with E-state index in [4.69, 9.17) is 0 Å². The van der Waals surface area contributed by atoms with Crippen molar-refractivity contribution >= 4 is 22.5 Å². The molecule has 3 rings (SSSR count). The van der Waals surface area contributed by atoms with Crippen LogP contribution in [0.5, 0.6) is 0 Å². The number of aromatic amines is 1. The normalized spacial score (nSPS) is 10.9. The van der Waals surface area contributed by atoms with E-state index in [1.807, 2.05) is 53.4 Å². The lowest BCUT2D eigenvalue weighted by Crippen LogP contribution is -2.31. The van der Waals surface area contributed by atoms with Crippen LogP contribution in [0.3, 0.4) is 0 Å². The predicted octanol–water partition coefficient (Wildman–Crippen LogP) is 4.08. The molecule has 0 saturated heterocycles. The number of hydrogen-bond acceptors (Lipinski definition) is 3. The molecule has 0 unspecified atom stereocenters. The number of amides is 1. The van der Waals surface area contributed by atoms with Crippen LogP contribution in [0.15, 0.2) is 59.4 Å². The summed E-state index contributed by atoms with van der Waals surface area (Å²) in [7, 11) is 0. The molecule has 0 radical (unpaired) electrons. The van der Waals surface area contributed by atoms with Crippen LogP contribution in [0.1, 0.15) is 38.4 Å². The highest BCUT2D eigenvalue weighted by molar-refractivity contribution is 5.93. The van der Waals surface area contributed by atoms with Gasteiger partial charge in [-0.2, -0.15) is 0 Å². The Morgan fingerprint density at radius 1 is 1.04 bits per heavy atom. The number of para-hydroxylation sites is 2. The van der Waals surface area contributed by atoms with Gasteiger partial charge in [-0.1, -0.05) is 43.7 Å². The van der Waals surface area contributed by atoms with Crippen molar-refractivity contribution < 1.29 is 4.79 Å². The average molecular weight is 363 g/mol. The summed E-state index contributed by atoms with van der Waals surface area (Å²) in [5, 5.41) is 0.590. The van der Waals surface area contributed by atoms with E-state index in [0.29, 0.717) is 36.0 Å². The van der Waals surface area contributed by atoms with Crippen molar-refractivity contribution in [3.8, 4) is 0 Å². The molecule has 5 nitrogen and oxygen atoms in total. The number of unbranched alkanes of at least 4 members (excludes halogenated alkanes) is 1. The molecular formula is C22H25N3O2. The van der Waals surface area contributed by atoms with Crippen LogP contribution in [-0.2, 0) is 11.2 Å². The van der Waals surface area contributed by atoms with E-state index in [2.05, 4.69) is 16.9 Å². The largest absolute Gasteiger partial charge is 0.312 e. The molecule has 2 aromatic carbocycles. The van der Waals surface area contributed by atoms with Crippen LogP contribution in [0.2, 0.25) is 0 Å². The molecule has 0 fully saturated rings. The molecule has 140 valence electrons. The third-order valence-electron chi connectivity index (χ3n) is 4.57.